The summed E-state index contributed by atoms with van der Waals surface area (Å²) in [5.74, 6) is -0.524. The fraction of sp³-hybridized carbons (Fsp3) is 0.364. The smallest absolute Gasteiger partial charge is 0.148 e. The zero-order valence-electron chi connectivity index (χ0n) is 14.9. The first kappa shape index (κ1) is 17.9. The van der Waals surface area contributed by atoms with Crippen LogP contribution in [0.15, 0.2) is 42.5 Å². The van der Waals surface area contributed by atoms with E-state index in [-0.39, 0.29) is 17.0 Å². The monoisotopic (exact) mass is 354 g/mol. The highest BCUT2D eigenvalue weighted by Crippen LogP contribution is 2.40. The van der Waals surface area contributed by atoms with Gasteiger partial charge in [0.1, 0.15) is 17.5 Å². The summed E-state index contributed by atoms with van der Waals surface area (Å²) in [5, 5.41) is 0.689. The van der Waals surface area contributed by atoms with E-state index >= 15 is 0 Å². The quantitative estimate of drug-likeness (QED) is 0.671. The maximum absolute atomic E-state index is 12.7. The average Bonchev–Trinajstić information content (AvgIpc) is 2.53. The highest BCUT2D eigenvalue weighted by atomic mass is 35.5. The lowest BCUT2D eigenvalue weighted by Crippen LogP contribution is -2.36. The molecular weight excluding hydrogens is 332 g/mol. The molecule has 1 fully saturated rings. The van der Waals surface area contributed by atoms with Gasteiger partial charge >= 0.3 is 0 Å². The molecule has 2 nitrogen and oxygen atoms in total. The predicted octanol–water partition coefficient (Wildman–Crippen LogP) is 5.61. The Labute approximate surface area is 154 Å². The molecule has 0 bridgehead atoms. The molecule has 3 rings (SSSR count). The molecule has 0 radical (unpaired) electrons. The van der Waals surface area contributed by atoms with E-state index in [9.17, 15) is 9.59 Å². The molecule has 0 unspecified atom stereocenters. The molecule has 25 heavy (non-hydrogen) atoms. The first-order valence-electron chi connectivity index (χ1n) is 8.75. The molecule has 0 aromatic heterocycles. The van der Waals surface area contributed by atoms with E-state index in [0.717, 1.165) is 28.7 Å². The van der Waals surface area contributed by atoms with Crippen LogP contribution in [0.2, 0.25) is 5.02 Å². The van der Waals surface area contributed by atoms with Gasteiger partial charge in [0.15, 0.2) is 0 Å². The zero-order valence-corrected chi connectivity index (χ0v) is 15.7. The Bertz CT molecular complexity index is 798. The van der Waals surface area contributed by atoms with Gasteiger partial charge in [-0.1, -0.05) is 56.6 Å². The molecule has 2 aromatic rings. The van der Waals surface area contributed by atoms with Crippen molar-refractivity contribution in [3.05, 3.63) is 58.6 Å². The molecule has 3 heteroatoms. The molecule has 2 aromatic carbocycles. The van der Waals surface area contributed by atoms with Gasteiger partial charge in [0.2, 0.25) is 0 Å². The Morgan fingerprint density at radius 3 is 2.08 bits per heavy atom. The van der Waals surface area contributed by atoms with Crippen LogP contribution in [0.5, 0.6) is 0 Å². The molecule has 0 spiro atoms. The molecule has 1 saturated carbocycles. The Kier molecular flexibility index (Phi) is 4.83. The maximum Gasteiger partial charge on any atom is 0.148 e. The number of halogens is 1. The van der Waals surface area contributed by atoms with Crippen LogP contribution < -0.4 is 0 Å². The molecule has 0 heterocycles. The van der Waals surface area contributed by atoms with Crippen molar-refractivity contribution in [2.75, 3.05) is 0 Å². The van der Waals surface area contributed by atoms with Crippen LogP contribution in [-0.2, 0) is 16.0 Å². The minimum Gasteiger partial charge on any atom is -0.299 e. The highest BCUT2D eigenvalue weighted by Gasteiger charge is 2.41. The van der Waals surface area contributed by atoms with Gasteiger partial charge in [-0.3, -0.25) is 9.59 Å². The van der Waals surface area contributed by atoms with E-state index in [4.69, 9.17) is 11.6 Å². The number of carbonyl (C=O) groups is 2. The molecule has 130 valence electrons. The van der Waals surface area contributed by atoms with E-state index in [1.165, 1.54) is 0 Å². The van der Waals surface area contributed by atoms with Gasteiger partial charge in [-0.2, -0.15) is 0 Å². The molecule has 0 N–H and O–H groups in total. The zero-order chi connectivity index (χ0) is 18.2. The molecule has 1 aliphatic rings. The van der Waals surface area contributed by atoms with Crippen molar-refractivity contribution in [1.82, 2.24) is 0 Å². The van der Waals surface area contributed by atoms with Gasteiger partial charge in [-0.25, -0.2) is 0 Å². The van der Waals surface area contributed by atoms with Crippen molar-refractivity contribution in [3.8, 4) is 11.1 Å². The minimum absolute atomic E-state index is 0.0456. The predicted molar refractivity (Wildman–Crippen MR) is 102 cm³/mol. The van der Waals surface area contributed by atoms with E-state index in [1.54, 1.807) is 0 Å². The number of ketones is 2. The molecule has 1 aliphatic carbocycles. The van der Waals surface area contributed by atoms with Crippen LogP contribution in [-0.4, -0.2) is 11.6 Å². The minimum atomic E-state index is -0.616. The average molecular weight is 355 g/mol. The van der Waals surface area contributed by atoms with Gasteiger partial charge in [-0.05, 0) is 52.3 Å². The molecule has 0 atom stereocenters. The molecule has 0 saturated heterocycles. The second-order valence-electron chi connectivity index (χ2n) is 7.66. The Hall–Kier alpha value is -1.93. The maximum atomic E-state index is 12.7. The van der Waals surface area contributed by atoms with E-state index in [1.807, 2.05) is 56.3 Å². The van der Waals surface area contributed by atoms with Gasteiger partial charge in [0.05, 0.1) is 0 Å². The normalized spacial score (nSPS) is 17.8. The highest BCUT2D eigenvalue weighted by molar-refractivity contribution is 6.30. The largest absolute Gasteiger partial charge is 0.299 e. The Balaban J connectivity index is 2.05. The van der Waals surface area contributed by atoms with Crippen molar-refractivity contribution in [2.24, 2.45) is 5.41 Å². The second kappa shape index (κ2) is 6.76. The van der Waals surface area contributed by atoms with E-state index in [0.29, 0.717) is 17.9 Å². The second-order valence-corrected chi connectivity index (χ2v) is 8.09. The van der Waals surface area contributed by atoms with Crippen molar-refractivity contribution in [3.63, 3.8) is 0 Å². The van der Waals surface area contributed by atoms with Crippen LogP contribution in [0.25, 0.3) is 11.1 Å². The summed E-state index contributed by atoms with van der Waals surface area (Å²) in [7, 11) is 0. The summed E-state index contributed by atoms with van der Waals surface area (Å²) in [6, 6.07) is 13.7. The Morgan fingerprint density at radius 2 is 1.52 bits per heavy atom. The number of hydrogen-bond acceptors (Lipinski definition) is 2. The third-order valence-electron chi connectivity index (χ3n) is 4.96. The molecular formula is C22H23ClO2. The van der Waals surface area contributed by atoms with Gasteiger partial charge in [0.25, 0.3) is 0 Å². The molecule has 0 amide bonds. The number of Topliss-reactive ketones (excluding diaryl/α,β-unsaturated/α-hetero) is 2. The van der Waals surface area contributed by atoms with Crippen molar-refractivity contribution in [1.29, 1.82) is 0 Å². The Morgan fingerprint density at radius 1 is 0.960 bits per heavy atom. The summed E-state index contributed by atoms with van der Waals surface area (Å²) in [6.45, 7) is 6.04. The first-order valence-corrected chi connectivity index (χ1v) is 9.13. The summed E-state index contributed by atoms with van der Waals surface area (Å²) < 4.78 is 0. The van der Waals surface area contributed by atoms with Crippen LogP contribution in [0.3, 0.4) is 0 Å². The van der Waals surface area contributed by atoms with E-state index in [2.05, 4.69) is 6.92 Å². The summed E-state index contributed by atoms with van der Waals surface area (Å²) >= 11 is 5.98. The SMILES string of the molecule is CCc1ccc(-c2ccc(Cl)cc2)cc1C1C(=O)CC(C)(C)CC1=O. The number of carbonyl (C=O) groups excluding carboxylic acids is 2. The lowest BCUT2D eigenvalue weighted by atomic mass is 9.69. The lowest BCUT2D eigenvalue weighted by Gasteiger charge is -2.33. The number of aryl methyl sites for hydroxylation is 1. The van der Waals surface area contributed by atoms with E-state index < -0.39 is 5.92 Å². The molecule has 0 aliphatic heterocycles. The standard InChI is InChI=1S/C22H23ClO2/c1-4-14-5-6-16(15-7-9-17(23)10-8-15)11-18(14)21-19(24)12-22(2,3)13-20(21)25/h5-11,21H,4,12-13H2,1-3H3. The number of rotatable bonds is 3. The summed E-state index contributed by atoms with van der Waals surface area (Å²) in [6.07, 6.45) is 1.71. The van der Waals surface area contributed by atoms with Crippen LogP contribution in [0.4, 0.5) is 0 Å². The van der Waals surface area contributed by atoms with Crippen LogP contribution >= 0.6 is 11.6 Å². The lowest BCUT2D eigenvalue weighted by molar-refractivity contribution is -0.135. The number of hydrogen-bond donors (Lipinski definition) is 0. The van der Waals surface area contributed by atoms with Gasteiger partial charge in [0, 0.05) is 17.9 Å². The first-order chi connectivity index (χ1) is 11.8. The van der Waals surface area contributed by atoms with Gasteiger partial charge < -0.3 is 0 Å². The fourth-order valence-corrected chi connectivity index (χ4v) is 3.87. The van der Waals surface area contributed by atoms with Crippen LogP contribution in [0.1, 0.15) is 50.7 Å². The summed E-state index contributed by atoms with van der Waals surface area (Å²) in [5.41, 5.74) is 3.76. The van der Waals surface area contributed by atoms with Gasteiger partial charge in [-0.15, -0.1) is 0 Å². The number of benzene rings is 2. The van der Waals surface area contributed by atoms with Crippen molar-refractivity contribution < 1.29 is 9.59 Å². The topological polar surface area (TPSA) is 34.1 Å². The van der Waals surface area contributed by atoms with Crippen LogP contribution in [0, 0.1) is 5.41 Å². The third kappa shape index (κ3) is 3.69. The van der Waals surface area contributed by atoms with Crippen molar-refractivity contribution >= 4 is 23.2 Å². The fourth-order valence-electron chi connectivity index (χ4n) is 3.74. The third-order valence-corrected chi connectivity index (χ3v) is 5.22. The summed E-state index contributed by atoms with van der Waals surface area (Å²) in [4.78, 5) is 25.5. The van der Waals surface area contributed by atoms with Crippen molar-refractivity contribution in [2.45, 2.75) is 46.0 Å².